The van der Waals surface area contributed by atoms with Crippen molar-refractivity contribution in [3.63, 3.8) is 0 Å². The molecule has 0 aliphatic heterocycles. The molecule has 5 aliphatic rings. The molecule has 1 heteroatoms. The minimum absolute atomic E-state index is 0.719. The number of hydrogen-bond donors (Lipinski definition) is 0. The first kappa shape index (κ1) is 10.6. The average molecular weight is 231 g/mol. The standard InChI is InChI=1S/C16H25N/c1-2-4-15(5-3-1)17-16-13-7-11-6-12(9-13)10-14(16)8-11/h11-15H,1-10H2. The van der Waals surface area contributed by atoms with E-state index in [-0.39, 0.29) is 0 Å². The van der Waals surface area contributed by atoms with Crippen LogP contribution in [0.15, 0.2) is 4.99 Å². The van der Waals surface area contributed by atoms with E-state index < -0.39 is 0 Å². The van der Waals surface area contributed by atoms with E-state index in [1.807, 2.05) is 0 Å². The molecular formula is C16H25N. The van der Waals surface area contributed by atoms with Crippen LogP contribution in [0.2, 0.25) is 0 Å². The molecule has 0 N–H and O–H groups in total. The minimum atomic E-state index is 0.719. The van der Waals surface area contributed by atoms with E-state index >= 15 is 0 Å². The van der Waals surface area contributed by atoms with Gasteiger partial charge < -0.3 is 0 Å². The average Bonchev–Trinajstić information content (AvgIpc) is 2.34. The summed E-state index contributed by atoms with van der Waals surface area (Å²) in [4.78, 5) is 5.25. The van der Waals surface area contributed by atoms with Crippen LogP contribution in [-0.2, 0) is 0 Å². The lowest BCUT2D eigenvalue weighted by Crippen LogP contribution is -2.46. The second kappa shape index (κ2) is 4.10. The molecule has 0 atom stereocenters. The zero-order chi connectivity index (χ0) is 11.2. The second-order valence-electron chi connectivity index (χ2n) is 7.15. The van der Waals surface area contributed by atoms with E-state index in [4.69, 9.17) is 4.99 Å². The van der Waals surface area contributed by atoms with Crippen molar-refractivity contribution in [1.29, 1.82) is 0 Å². The largest absolute Gasteiger partial charge is 0.290 e. The third-order valence-electron chi connectivity index (χ3n) is 5.88. The van der Waals surface area contributed by atoms with Crippen LogP contribution in [0.5, 0.6) is 0 Å². The van der Waals surface area contributed by atoms with Crippen LogP contribution in [0.25, 0.3) is 0 Å². The monoisotopic (exact) mass is 231 g/mol. The number of rotatable bonds is 1. The van der Waals surface area contributed by atoms with Gasteiger partial charge in [-0.05, 0) is 68.6 Å². The van der Waals surface area contributed by atoms with Gasteiger partial charge in [0, 0.05) is 11.8 Å². The van der Waals surface area contributed by atoms with Gasteiger partial charge >= 0.3 is 0 Å². The topological polar surface area (TPSA) is 12.4 Å². The van der Waals surface area contributed by atoms with Gasteiger partial charge in [-0.15, -0.1) is 0 Å². The van der Waals surface area contributed by atoms with Crippen molar-refractivity contribution in [2.24, 2.45) is 28.7 Å². The van der Waals surface area contributed by atoms with Crippen molar-refractivity contribution >= 4 is 5.71 Å². The van der Waals surface area contributed by atoms with Gasteiger partial charge in [-0.1, -0.05) is 19.3 Å². The highest BCUT2D eigenvalue weighted by Gasteiger charge is 2.46. The van der Waals surface area contributed by atoms with Crippen molar-refractivity contribution < 1.29 is 0 Å². The van der Waals surface area contributed by atoms with Gasteiger partial charge in [0.2, 0.25) is 0 Å². The van der Waals surface area contributed by atoms with Gasteiger partial charge in [0.1, 0.15) is 0 Å². The Morgan fingerprint density at radius 2 is 1.29 bits per heavy atom. The summed E-state index contributed by atoms with van der Waals surface area (Å²) in [6.45, 7) is 0. The molecule has 0 heterocycles. The maximum atomic E-state index is 5.25. The molecule has 0 spiro atoms. The fourth-order valence-electron chi connectivity index (χ4n) is 5.30. The van der Waals surface area contributed by atoms with Gasteiger partial charge in [0.05, 0.1) is 0 Å². The number of hydrogen-bond acceptors (Lipinski definition) is 1. The first-order valence-corrected chi connectivity index (χ1v) is 7.96. The minimum Gasteiger partial charge on any atom is -0.290 e. The van der Waals surface area contributed by atoms with E-state index in [1.165, 1.54) is 57.8 Å². The molecule has 5 rings (SSSR count). The normalized spacial score (nSPS) is 45.3. The SMILES string of the molecule is C1CCC(N=C2C3CC4CC(C3)CC2C4)CC1. The van der Waals surface area contributed by atoms with E-state index in [0.29, 0.717) is 0 Å². The fraction of sp³-hybridized carbons (Fsp3) is 0.938. The maximum absolute atomic E-state index is 5.25. The Labute approximate surface area is 105 Å². The summed E-state index contributed by atoms with van der Waals surface area (Å²) >= 11 is 0. The Balaban J connectivity index is 1.55. The van der Waals surface area contributed by atoms with E-state index in [9.17, 15) is 0 Å². The summed E-state index contributed by atoms with van der Waals surface area (Å²) in [7, 11) is 0. The molecule has 0 aromatic heterocycles. The second-order valence-corrected chi connectivity index (χ2v) is 7.15. The van der Waals surface area contributed by atoms with Crippen LogP contribution >= 0.6 is 0 Å². The summed E-state index contributed by atoms with van der Waals surface area (Å²) in [6, 6.07) is 0.719. The summed E-state index contributed by atoms with van der Waals surface area (Å²) in [6.07, 6.45) is 14.6. The lowest BCUT2D eigenvalue weighted by atomic mass is 9.55. The fourth-order valence-corrected chi connectivity index (χ4v) is 5.30. The first-order valence-electron chi connectivity index (χ1n) is 7.96. The molecule has 5 fully saturated rings. The Hall–Kier alpha value is -0.330. The predicted octanol–water partition coefficient (Wildman–Crippen LogP) is 4.22. The molecule has 0 aromatic rings. The van der Waals surface area contributed by atoms with Gasteiger partial charge in [0.25, 0.3) is 0 Å². The molecule has 17 heavy (non-hydrogen) atoms. The third kappa shape index (κ3) is 1.86. The molecule has 0 unspecified atom stereocenters. The smallest absolute Gasteiger partial charge is 0.0499 e. The molecular weight excluding hydrogens is 206 g/mol. The van der Waals surface area contributed by atoms with Crippen LogP contribution < -0.4 is 0 Å². The predicted molar refractivity (Wildman–Crippen MR) is 71.4 cm³/mol. The molecule has 5 saturated carbocycles. The van der Waals surface area contributed by atoms with E-state index in [1.54, 1.807) is 12.1 Å². The third-order valence-corrected chi connectivity index (χ3v) is 5.88. The Bertz CT molecular complexity index is 294. The van der Waals surface area contributed by atoms with E-state index in [2.05, 4.69) is 0 Å². The first-order chi connectivity index (χ1) is 8.38. The lowest BCUT2D eigenvalue weighted by molar-refractivity contribution is 0.107. The van der Waals surface area contributed by atoms with Crippen molar-refractivity contribution in [3.05, 3.63) is 0 Å². The summed E-state index contributed by atoms with van der Waals surface area (Å²) in [5, 5.41) is 0. The summed E-state index contributed by atoms with van der Waals surface area (Å²) in [5.41, 5.74) is 1.70. The van der Waals surface area contributed by atoms with Crippen LogP contribution in [0, 0.1) is 23.7 Å². The molecule has 1 nitrogen and oxygen atoms in total. The number of aliphatic imine (C=N–C) groups is 1. The zero-order valence-electron chi connectivity index (χ0n) is 10.9. The van der Waals surface area contributed by atoms with Crippen molar-refractivity contribution in [3.8, 4) is 0 Å². The Kier molecular flexibility index (Phi) is 2.55. The maximum Gasteiger partial charge on any atom is 0.0499 e. The van der Waals surface area contributed by atoms with Crippen molar-refractivity contribution in [2.45, 2.75) is 70.3 Å². The zero-order valence-corrected chi connectivity index (χ0v) is 10.9. The van der Waals surface area contributed by atoms with Gasteiger partial charge in [-0.25, -0.2) is 0 Å². The van der Waals surface area contributed by atoms with Crippen molar-refractivity contribution in [2.75, 3.05) is 0 Å². The summed E-state index contributed by atoms with van der Waals surface area (Å²) in [5.74, 6) is 4.02. The molecule has 0 amide bonds. The molecule has 94 valence electrons. The summed E-state index contributed by atoms with van der Waals surface area (Å²) < 4.78 is 0. The van der Waals surface area contributed by atoms with E-state index in [0.717, 1.165) is 29.7 Å². The Morgan fingerprint density at radius 3 is 1.88 bits per heavy atom. The molecule has 5 aliphatic carbocycles. The van der Waals surface area contributed by atoms with Gasteiger partial charge in [0.15, 0.2) is 0 Å². The highest BCUT2D eigenvalue weighted by molar-refractivity contribution is 5.91. The van der Waals surface area contributed by atoms with Crippen LogP contribution in [0.1, 0.15) is 64.2 Å². The highest BCUT2D eigenvalue weighted by atomic mass is 14.8. The molecule has 0 aromatic carbocycles. The quantitative estimate of drug-likeness (QED) is 0.641. The molecule has 0 saturated heterocycles. The van der Waals surface area contributed by atoms with Gasteiger partial charge in [-0.2, -0.15) is 0 Å². The van der Waals surface area contributed by atoms with Crippen LogP contribution in [-0.4, -0.2) is 11.8 Å². The van der Waals surface area contributed by atoms with Crippen LogP contribution in [0.4, 0.5) is 0 Å². The van der Waals surface area contributed by atoms with Gasteiger partial charge in [-0.3, -0.25) is 4.99 Å². The number of nitrogens with zero attached hydrogens (tertiary/aromatic N) is 1. The highest BCUT2D eigenvalue weighted by Crippen LogP contribution is 2.52. The molecule has 4 bridgehead atoms. The molecule has 0 radical (unpaired) electrons. The van der Waals surface area contributed by atoms with Crippen LogP contribution in [0.3, 0.4) is 0 Å². The Morgan fingerprint density at radius 1 is 0.706 bits per heavy atom. The lowest BCUT2D eigenvalue weighted by Gasteiger charge is -2.50. The van der Waals surface area contributed by atoms with Crippen molar-refractivity contribution in [1.82, 2.24) is 0 Å².